The minimum atomic E-state index is -0.0383. The van der Waals surface area contributed by atoms with Crippen LogP contribution in [-0.4, -0.2) is 50.3 Å². The van der Waals surface area contributed by atoms with Crippen molar-refractivity contribution in [2.24, 2.45) is 5.92 Å². The Labute approximate surface area is 97.9 Å². The van der Waals surface area contributed by atoms with Crippen molar-refractivity contribution in [1.82, 2.24) is 4.90 Å². The van der Waals surface area contributed by atoms with Crippen molar-refractivity contribution in [3.63, 3.8) is 0 Å². The van der Waals surface area contributed by atoms with Crippen LogP contribution in [0.3, 0.4) is 0 Å². The highest BCUT2D eigenvalue weighted by molar-refractivity contribution is 5.72. The monoisotopic (exact) mass is 229 g/mol. The Kier molecular flexibility index (Phi) is 6.42. The van der Waals surface area contributed by atoms with Crippen molar-refractivity contribution in [3.8, 4) is 0 Å². The molecule has 4 heteroatoms. The van der Waals surface area contributed by atoms with Crippen molar-refractivity contribution in [2.75, 3.05) is 39.5 Å². The number of piperidine rings is 1. The molecule has 1 saturated heterocycles. The molecular weight excluding hydrogens is 206 g/mol. The highest BCUT2D eigenvalue weighted by Crippen LogP contribution is 2.17. The van der Waals surface area contributed by atoms with Gasteiger partial charge in [-0.3, -0.25) is 4.79 Å². The molecule has 0 aromatic carbocycles. The van der Waals surface area contributed by atoms with Crippen molar-refractivity contribution in [3.05, 3.63) is 0 Å². The SMILES string of the molecule is CCOCCN1CCC[C@@H](C(=O)OCC)C1. The van der Waals surface area contributed by atoms with Gasteiger partial charge in [0.05, 0.1) is 19.1 Å². The predicted octanol–water partition coefficient (Wildman–Crippen LogP) is 1.30. The number of hydrogen-bond donors (Lipinski definition) is 0. The molecule has 1 fully saturated rings. The fraction of sp³-hybridized carbons (Fsp3) is 0.917. The van der Waals surface area contributed by atoms with Crippen LogP contribution in [-0.2, 0) is 14.3 Å². The lowest BCUT2D eigenvalue weighted by atomic mass is 9.98. The first-order valence-electron chi connectivity index (χ1n) is 6.24. The standard InChI is InChI=1S/C12H23NO3/c1-3-15-9-8-13-7-5-6-11(10-13)12(14)16-4-2/h11H,3-10H2,1-2H3/t11-/m1/s1. The molecule has 94 valence electrons. The minimum Gasteiger partial charge on any atom is -0.466 e. The summed E-state index contributed by atoms with van der Waals surface area (Å²) >= 11 is 0. The van der Waals surface area contributed by atoms with E-state index in [2.05, 4.69) is 4.90 Å². The summed E-state index contributed by atoms with van der Waals surface area (Å²) in [7, 11) is 0. The topological polar surface area (TPSA) is 38.8 Å². The number of carbonyl (C=O) groups excluding carboxylic acids is 1. The summed E-state index contributed by atoms with van der Waals surface area (Å²) in [4.78, 5) is 13.9. The molecule has 0 radical (unpaired) electrons. The summed E-state index contributed by atoms with van der Waals surface area (Å²) in [6, 6.07) is 0. The molecule has 0 bridgehead atoms. The van der Waals surface area contributed by atoms with Crippen LogP contribution in [0.25, 0.3) is 0 Å². The Bertz CT molecular complexity index is 208. The Morgan fingerprint density at radius 3 is 2.88 bits per heavy atom. The summed E-state index contributed by atoms with van der Waals surface area (Å²) < 4.78 is 10.4. The second kappa shape index (κ2) is 7.63. The molecule has 0 saturated carbocycles. The van der Waals surface area contributed by atoms with Gasteiger partial charge < -0.3 is 14.4 Å². The molecule has 1 aliphatic heterocycles. The molecule has 0 aliphatic carbocycles. The summed E-state index contributed by atoms with van der Waals surface area (Å²) in [5, 5.41) is 0. The molecule has 1 heterocycles. The fourth-order valence-corrected chi connectivity index (χ4v) is 2.05. The van der Waals surface area contributed by atoms with Crippen molar-refractivity contribution < 1.29 is 14.3 Å². The first-order chi connectivity index (χ1) is 7.77. The average Bonchev–Trinajstić information content (AvgIpc) is 2.30. The van der Waals surface area contributed by atoms with Gasteiger partial charge in [-0.15, -0.1) is 0 Å². The van der Waals surface area contributed by atoms with Crippen LogP contribution in [0.5, 0.6) is 0 Å². The molecule has 0 aromatic heterocycles. The van der Waals surface area contributed by atoms with Crippen LogP contribution in [0.1, 0.15) is 26.7 Å². The number of likely N-dealkylation sites (tertiary alicyclic amines) is 1. The van der Waals surface area contributed by atoms with E-state index in [9.17, 15) is 4.79 Å². The lowest BCUT2D eigenvalue weighted by Crippen LogP contribution is -2.40. The third-order valence-corrected chi connectivity index (χ3v) is 2.88. The Morgan fingerprint density at radius 1 is 1.38 bits per heavy atom. The van der Waals surface area contributed by atoms with E-state index in [1.807, 2.05) is 13.8 Å². The van der Waals surface area contributed by atoms with E-state index in [0.717, 1.165) is 45.7 Å². The number of esters is 1. The van der Waals surface area contributed by atoms with E-state index < -0.39 is 0 Å². The van der Waals surface area contributed by atoms with Gasteiger partial charge in [-0.05, 0) is 33.2 Å². The van der Waals surface area contributed by atoms with E-state index in [0.29, 0.717) is 6.61 Å². The number of nitrogens with zero attached hydrogens (tertiary/aromatic N) is 1. The van der Waals surface area contributed by atoms with E-state index in [4.69, 9.17) is 9.47 Å². The first kappa shape index (κ1) is 13.5. The molecular formula is C12H23NO3. The molecule has 4 nitrogen and oxygen atoms in total. The van der Waals surface area contributed by atoms with E-state index in [-0.39, 0.29) is 11.9 Å². The highest BCUT2D eigenvalue weighted by atomic mass is 16.5. The summed E-state index contributed by atoms with van der Waals surface area (Å²) in [6.45, 7) is 8.67. The highest BCUT2D eigenvalue weighted by Gasteiger charge is 2.26. The summed E-state index contributed by atoms with van der Waals surface area (Å²) in [5.41, 5.74) is 0. The van der Waals surface area contributed by atoms with Crippen LogP contribution in [0.2, 0.25) is 0 Å². The van der Waals surface area contributed by atoms with Crippen LogP contribution in [0.4, 0.5) is 0 Å². The van der Waals surface area contributed by atoms with Crippen LogP contribution in [0, 0.1) is 5.92 Å². The number of ether oxygens (including phenoxy) is 2. The third kappa shape index (κ3) is 4.49. The number of hydrogen-bond acceptors (Lipinski definition) is 4. The van der Waals surface area contributed by atoms with Crippen molar-refractivity contribution >= 4 is 5.97 Å². The van der Waals surface area contributed by atoms with E-state index >= 15 is 0 Å². The summed E-state index contributed by atoms with van der Waals surface area (Å²) in [6.07, 6.45) is 2.04. The minimum absolute atomic E-state index is 0.0383. The van der Waals surface area contributed by atoms with Crippen molar-refractivity contribution in [1.29, 1.82) is 0 Å². The van der Waals surface area contributed by atoms with Gasteiger partial charge in [0.25, 0.3) is 0 Å². The second-order valence-electron chi connectivity index (χ2n) is 4.09. The lowest BCUT2D eigenvalue weighted by molar-refractivity contribution is -0.150. The Hall–Kier alpha value is -0.610. The molecule has 0 amide bonds. The fourth-order valence-electron chi connectivity index (χ4n) is 2.05. The largest absolute Gasteiger partial charge is 0.466 e. The average molecular weight is 229 g/mol. The zero-order valence-electron chi connectivity index (χ0n) is 10.4. The van der Waals surface area contributed by atoms with Crippen LogP contribution < -0.4 is 0 Å². The molecule has 1 rings (SSSR count). The first-order valence-corrected chi connectivity index (χ1v) is 6.24. The maximum Gasteiger partial charge on any atom is 0.310 e. The molecule has 1 atom stereocenters. The summed E-state index contributed by atoms with van der Waals surface area (Å²) in [5.74, 6) is 0.0268. The van der Waals surface area contributed by atoms with Crippen LogP contribution in [0.15, 0.2) is 0 Å². The smallest absolute Gasteiger partial charge is 0.310 e. The molecule has 0 N–H and O–H groups in total. The molecule has 1 aliphatic rings. The van der Waals surface area contributed by atoms with E-state index in [1.54, 1.807) is 0 Å². The molecule has 16 heavy (non-hydrogen) atoms. The molecule has 0 aromatic rings. The molecule has 0 unspecified atom stereocenters. The van der Waals surface area contributed by atoms with Gasteiger partial charge >= 0.3 is 5.97 Å². The third-order valence-electron chi connectivity index (χ3n) is 2.88. The van der Waals surface area contributed by atoms with Gasteiger partial charge in [0.15, 0.2) is 0 Å². The number of carbonyl (C=O) groups is 1. The van der Waals surface area contributed by atoms with Gasteiger partial charge in [0.1, 0.15) is 0 Å². The second-order valence-corrected chi connectivity index (χ2v) is 4.09. The Morgan fingerprint density at radius 2 is 2.19 bits per heavy atom. The lowest BCUT2D eigenvalue weighted by Gasteiger charge is -2.31. The Balaban J connectivity index is 2.26. The predicted molar refractivity (Wildman–Crippen MR) is 62.3 cm³/mol. The normalized spacial score (nSPS) is 22.0. The van der Waals surface area contributed by atoms with Crippen LogP contribution >= 0.6 is 0 Å². The zero-order chi connectivity index (χ0) is 11.8. The van der Waals surface area contributed by atoms with Gasteiger partial charge in [-0.2, -0.15) is 0 Å². The quantitative estimate of drug-likeness (QED) is 0.508. The maximum absolute atomic E-state index is 11.6. The maximum atomic E-state index is 11.6. The van der Waals surface area contributed by atoms with E-state index in [1.165, 1.54) is 0 Å². The van der Waals surface area contributed by atoms with Crippen molar-refractivity contribution in [2.45, 2.75) is 26.7 Å². The number of rotatable bonds is 6. The van der Waals surface area contributed by atoms with Gasteiger partial charge in [-0.25, -0.2) is 0 Å². The van der Waals surface area contributed by atoms with Gasteiger partial charge in [0.2, 0.25) is 0 Å². The zero-order valence-corrected chi connectivity index (χ0v) is 10.4. The van der Waals surface area contributed by atoms with Gasteiger partial charge in [-0.1, -0.05) is 0 Å². The van der Waals surface area contributed by atoms with Gasteiger partial charge in [0, 0.05) is 19.7 Å². The molecule has 0 spiro atoms.